The van der Waals surface area contributed by atoms with Crippen LogP contribution in [0, 0.1) is 4.77 Å². The number of para-hydroxylation sites is 2. The van der Waals surface area contributed by atoms with Crippen LogP contribution in [0.1, 0.15) is 0 Å². The Morgan fingerprint density at radius 3 is 2.68 bits per heavy atom. The number of ether oxygens (including phenoxy) is 3. The van der Waals surface area contributed by atoms with Crippen molar-refractivity contribution in [2.45, 2.75) is 12.6 Å². The van der Waals surface area contributed by atoms with Crippen molar-refractivity contribution in [2.24, 2.45) is 0 Å². The molecule has 0 fully saturated rings. The van der Waals surface area contributed by atoms with Crippen LogP contribution in [0.15, 0.2) is 48.5 Å². The molecule has 3 aromatic rings. The zero-order chi connectivity index (χ0) is 21.8. The Morgan fingerprint density at radius 2 is 1.94 bits per heavy atom. The molecule has 0 saturated heterocycles. The second-order valence-electron chi connectivity index (χ2n) is 6.57. The van der Waals surface area contributed by atoms with Crippen molar-refractivity contribution in [3.63, 3.8) is 0 Å². The maximum Gasteiger partial charge on any atom is 0.283 e. The molecule has 0 radical (unpaired) electrons. The van der Waals surface area contributed by atoms with E-state index in [2.05, 4.69) is 21.0 Å². The Hall–Kier alpha value is -3.86. The zero-order valence-electron chi connectivity index (χ0n) is 16.5. The standard InChI is InChI=1S/C20H19N5O5S/c1-28-13-8-6-12(7-9-13)18-22-24-20(31)25(18)10-17(26)21-23-19(27)16-11-29-14-4-2-3-5-15(14)30-16/h2-9,16H,10-11H2,1H3,(H,21,26)(H,23,27)(H,24,31). The maximum absolute atomic E-state index is 12.4. The van der Waals surface area contributed by atoms with Gasteiger partial charge in [0.25, 0.3) is 11.8 Å². The quantitative estimate of drug-likeness (QED) is 0.406. The van der Waals surface area contributed by atoms with Crippen LogP contribution in [0.4, 0.5) is 0 Å². The van der Waals surface area contributed by atoms with Crippen molar-refractivity contribution < 1.29 is 23.8 Å². The van der Waals surface area contributed by atoms with E-state index in [-0.39, 0.29) is 17.9 Å². The van der Waals surface area contributed by atoms with E-state index >= 15 is 0 Å². The van der Waals surface area contributed by atoms with E-state index in [1.807, 2.05) is 6.07 Å². The molecule has 31 heavy (non-hydrogen) atoms. The average Bonchev–Trinajstić information content (AvgIpc) is 3.17. The van der Waals surface area contributed by atoms with Gasteiger partial charge in [0, 0.05) is 5.56 Å². The van der Waals surface area contributed by atoms with Gasteiger partial charge < -0.3 is 14.2 Å². The lowest BCUT2D eigenvalue weighted by molar-refractivity contribution is -0.135. The highest BCUT2D eigenvalue weighted by atomic mass is 32.1. The molecule has 1 aliphatic heterocycles. The fourth-order valence-corrected chi connectivity index (χ4v) is 3.17. The van der Waals surface area contributed by atoms with Crippen molar-refractivity contribution in [2.75, 3.05) is 13.7 Å². The van der Waals surface area contributed by atoms with Crippen LogP contribution in [0.5, 0.6) is 17.2 Å². The first-order valence-corrected chi connectivity index (χ1v) is 9.73. The molecule has 2 amide bonds. The molecule has 11 heteroatoms. The summed E-state index contributed by atoms with van der Waals surface area (Å²) in [7, 11) is 1.58. The Morgan fingerprint density at radius 1 is 1.19 bits per heavy atom. The summed E-state index contributed by atoms with van der Waals surface area (Å²) in [6.45, 7) is -0.116. The second-order valence-corrected chi connectivity index (χ2v) is 6.96. The molecule has 0 bridgehead atoms. The number of aromatic amines is 1. The molecule has 160 valence electrons. The highest BCUT2D eigenvalue weighted by molar-refractivity contribution is 7.71. The third kappa shape index (κ3) is 4.51. The summed E-state index contributed by atoms with van der Waals surface area (Å²) in [4.78, 5) is 24.7. The number of amides is 2. The first kappa shape index (κ1) is 20.4. The molecule has 4 rings (SSSR count). The lowest BCUT2D eigenvalue weighted by Gasteiger charge is -2.25. The van der Waals surface area contributed by atoms with Gasteiger partial charge in [0.1, 0.15) is 18.9 Å². The van der Waals surface area contributed by atoms with Gasteiger partial charge in [-0.05, 0) is 48.6 Å². The molecule has 1 unspecified atom stereocenters. The average molecular weight is 441 g/mol. The molecule has 0 saturated carbocycles. The first-order chi connectivity index (χ1) is 15.0. The fourth-order valence-electron chi connectivity index (χ4n) is 2.97. The van der Waals surface area contributed by atoms with Crippen LogP contribution in [-0.2, 0) is 16.1 Å². The van der Waals surface area contributed by atoms with Gasteiger partial charge in [0.2, 0.25) is 6.10 Å². The van der Waals surface area contributed by atoms with Gasteiger partial charge in [-0.25, -0.2) is 0 Å². The van der Waals surface area contributed by atoms with E-state index in [0.717, 1.165) is 5.56 Å². The van der Waals surface area contributed by atoms with Crippen molar-refractivity contribution in [3.8, 4) is 28.6 Å². The number of benzene rings is 2. The molecule has 0 aliphatic carbocycles. The predicted molar refractivity (Wildman–Crippen MR) is 112 cm³/mol. The van der Waals surface area contributed by atoms with Crippen LogP contribution < -0.4 is 25.1 Å². The monoisotopic (exact) mass is 441 g/mol. The second kappa shape index (κ2) is 8.88. The molecule has 2 heterocycles. The summed E-state index contributed by atoms with van der Waals surface area (Å²) in [5, 5.41) is 6.86. The van der Waals surface area contributed by atoms with Crippen molar-refractivity contribution in [1.29, 1.82) is 0 Å². The molecule has 1 aliphatic rings. The number of fused-ring (bicyclic) bond motifs is 1. The van der Waals surface area contributed by atoms with Crippen LogP contribution in [0.25, 0.3) is 11.4 Å². The molecule has 0 spiro atoms. The van der Waals surface area contributed by atoms with Gasteiger partial charge in [-0.15, -0.1) is 0 Å². The largest absolute Gasteiger partial charge is 0.497 e. The van der Waals surface area contributed by atoms with E-state index in [9.17, 15) is 9.59 Å². The molecule has 1 aromatic heterocycles. The van der Waals surface area contributed by atoms with Gasteiger partial charge in [0.15, 0.2) is 22.1 Å². The normalized spacial score (nSPS) is 14.5. The molecule has 10 nitrogen and oxygen atoms in total. The molecule has 3 N–H and O–H groups in total. The van der Waals surface area contributed by atoms with E-state index in [1.165, 1.54) is 4.57 Å². The topological polar surface area (TPSA) is 120 Å². The third-order valence-electron chi connectivity index (χ3n) is 4.53. The summed E-state index contributed by atoms with van der Waals surface area (Å²) < 4.78 is 18.1. The number of rotatable bonds is 5. The number of hydrogen-bond acceptors (Lipinski definition) is 7. The first-order valence-electron chi connectivity index (χ1n) is 9.32. The van der Waals surface area contributed by atoms with Crippen LogP contribution in [0.3, 0.4) is 0 Å². The number of hydrazine groups is 1. The summed E-state index contributed by atoms with van der Waals surface area (Å²) in [5.74, 6) is 1.19. The number of aromatic nitrogens is 3. The minimum absolute atomic E-state index is 0.0348. The summed E-state index contributed by atoms with van der Waals surface area (Å²) in [5.41, 5.74) is 5.46. The van der Waals surface area contributed by atoms with Crippen LogP contribution in [-0.4, -0.2) is 46.4 Å². The Labute approximate surface area is 182 Å². The summed E-state index contributed by atoms with van der Waals surface area (Å²) in [6, 6.07) is 14.2. The number of carbonyl (C=O) groups is 2. The minimum Gasteiger partial charge on any atom is -0.497 e. The molecule has 2 aromatic carbocycles. The predicted octanol–water partition coefficient (Wildman–Crippen LogP) is 1.60. The maximum atomic E-state index is 12.4. The highest BCUT2D eigenvalue weighted by Crippen LogP contribution is 2.30. The van der Waals surface area contributed by atoms with Gasteiger partial charge in [-0.2, -0.15) is 5.10 Å². The lowest BCUT2D eigenvalue weighted by atomic mass is 10.2. The molecule has 1 atom stereocenters. The molecular weight excluding hydrogens is 422 g/mol. The number of nitrogens with one attached hydrogen (secondary N) is 3. The number of carbonyl (C=O) groups excluding carboxylic acids is 2. The van der Waals surface area contributed by atoms with Crippen LogP contribution >= 0.6 is 12.2 Å². The fraction of sp³-hybridized carbons (Fsp3) is 0.200. The van der Waals surface area contributed by atoms with Crippen molar-refractivity contribution in [1.82, 2.24) is 25.6 Å². The van der Waals surface area contributed by atoms with E-state index < -0.39 is 17.9 Å². The Bertz CT molecular complexity index is 1160. The van der Waals surface area contributed by atoms with Gasteiger partial charge in [-0.3, -0.25) is 30.1 Å². The zero-order valence-corrected chi connectivity index (χ0v) is 17.3. The number of hydrogen-bond donors (Lipinski definition) is 3. The van der Waals surface area contributed by atoms with Crippen molar-refractivity contribution in [3.05, 3.63) is 53.3 Å². The minimum atomic E-state index is -0.888. The van der Waals surface area contributed by atoms with Crippen LogP contribution in [0.2, 0.25) is 0 Å². The Balaban J connectivity index is 1.37. The number of H-pyrrole nitrogens is 1. The highest BCUT2D eigenvalue weighted by Gasteiger charge is 2.27. The van der Waals surface area contributed by atoms with E-state index in [0.29, 0.717) is 23.1 Å². The number of methoxy groups -OCH3 is 1. The van der Waals surface area contributed by atoms with Gasteiger partial charge >= 0.3 is 0 Å². The van der Waals surface area contributed by atoms with Gasteiger partial charge in [-0.1, -0.05) is 12.1 Å². The summed E-state index contributed by atoms with van der Waals surface area (Å²) in [6.07, 6.45) is -0.888. The van der Waals surface area contributed by atoms with Crippen molar-refractivity contribution >= 4 is 24.0 Å². The van der Waals surface area contributed by atoms with E-state index in [1.54, 1.807) is 49.6 Å². The molecular formula is C20H19N5O5S. The third-order valence-corrected chi connectivity index (χ3v) is 4.85. The van der Waals surface area contributed by atoms with Gasteiger partial charge in [0.05, 0.1) is 7.11 Å². The number of nitrogens with zero attached hydrogens (tertiary/aromatic N) is 2. The summed E-state index contributed by atoms with van der Waals surface area (Å²) >= 11 is 5.23. The SMILES string of the molecule is COc1ccc(-c2n[nH]c(=S)n2CC(=O)NNC(=O)C2COc3ccccc3O2)cc1. The van der Waals surface area contributed by atoms with E-state index in [4.69, 9.17) is 26.4 Å². The lowest BCUT2D eigenvalue weighted by Crippen LogP contribution is -2.51. The Kier molecular flexibility index (Phi) is 5.85. The smallest absolute Gasteiger partial charge is 0.283 e.